The van der Waals surface area contributed by atoms with Gasteiger partial charge in [0.1, 0.15) is 0 Å². The van der Waals surface area contributed by atoms with E-state index in [0.717, 1.165) is 0 Å². The maximum atomic E-state index is 3.94. The van der Waals surface area contributed by atoms with Crippen molar-refractivity contribution in [2.45, 2.75) is 121 Å². The molecule has 227 valence electrons. The van der Waals surface area contributed by atoms with Crippen LogP contribution in [0.4, 0.5) is 0 Å². The molecule has 0 nitrogen and oxygen atoms in total. The molecule has 0 fully saturated rings. The second-order valence-electron chi connectivity index (χ2n) is 15.3. The van der Waals surface area contributed by atoms with Gasteiger partial charge >= 0.3 is 274 Å². The van der Waals surface area contributed by atoms with Crippen LogP contribution in [0.5, 0.6) is 0 Å². The van der Waals surface area contributed by atoms with Crippen LogP contribution in [0.15, 0.2) is 54.6 Å². The molecule has 0 spiro atoms. The molecule has 3 aromatic rings. The third-order valence-corrected chi connectivity index (χ3v) is 12.8. The molecule has 0 amide bonds. The maximum absolute atomic E-state index is 3.94. The third-order valence-electron chi connectivity index (χ3n) is 7.72. The molecule has 0 heterocycles. The van der Waals surface area contributed by atoms with E-state index in [0.29, 0.717) is 23.7 Å². The van der Waals surface area contributed by atoms with E-state index in [9.17, 15) is 0 Å². The summed E-state index contributed by atoms with van der Waals surface area (Å²) >= 11 is -2.93. The zero-order valence-electron chi connectivity index (χ0n) is 29.5. The van der Waals surface area contributed by atoms with Gasteiger partial charge in [-0.05, 0) is 0 Å². The molecular weight excluding hydrogens is 623 g/mol. The second kappa shape index (κ2) is 14.1. The fourth-order valence-corrected chi connectivity index (χ4v) is 12.1. The molecular formula is C42H55Sn. The summed E-state index contributed by atoms with van der Waals surface area (Å²) in [5.41, 5.74) is 11.0. The molecule has 0 unspecified atom stereocenters. The summed E-state index contributed by atoms with van der Waals surface area (Å²) in [4.78, 5) is 0. The van der Waals surface area contributed by atoms with Gasteiger partial charge in [-0.2, -0.15) is 0 Å². The molecule has 0 bridgehead atoms. The van der Waals surface area contributed by atoms with E-state index < -0.39 is 19.8 Å². The van der Waals surface area contributed by atoms with Crippen LogP contribution < -0.4 is 3.58 Å². The monoisotopic (exact) mass is 679 g/mol. The molecule has 0 saturated heterocycles. The third kappa shape index (κ3) is 8.83. The van der Waals surface area contributed by atoms with E-state index >= 15 is 0 Å². The molecule has 0 atom stereocenters. The van der Waals surface area contributed by atoms with Gasteiger partial charge in [0, 0.05) is 0 Å². The summed E-state index contributed by atoms with van der Waals surface area (Å²) in [6.45, 7) is 32.0. The van der Waals surface area contributed by atoms with E-state index in [4.69, 9.17) is 0 Å². The molecule has 0 aromatic heterocycles. The Morgan fingerprint density at radius 3 is 1.00 bits per heavy atom. The predicted molar refractivity (Wildman–Crippen MR) is 194 cm³/mol. The van der Waals surface area contributed by atoms with Gasteiger partial charge in [-0.25, -0.2) is 0 Å². The summed E-state index contributed by atoms with van der Waals surface area (Å²) in [7, 11) is 0. The average molecular weight is 679 g/mol. The number of rotatable bonds is 7. The van der Waals surface area contributed by atoms with Gasteiger partial charge in [0.15, 0.2) is 0 Å². The summed E-state index contributed by atoms with van der Waals surface area (Å²) in [5.74, 6) is 9.04. The van der Waals surface area contributed by atoms with Crippen molar-refractivity contribution < 1.29 is 0 Å². The van der Waals surface area contributed by atoms with Crippen LogP contribution >= 0.6 is 0 Å². The average Bonchev–Trinajstić information content (AvgIpc) is 2.90. The molecule has 43 heavy (non-hydrogen) atoms. The predicted octanol–water partition coefficient (Wildman–Crippen LogP) is 11.4. The molecule has 1 heteroatoms. The standard InChI is InChI=1S/C30H37.2C6H9.Sn/c1-19(2)25-14-10-15-26(20(3)4)29(25)23-12-9-13-24(18-23)30-27(21(5)6)16-11-17-28(30)22(7)8;2*1-5-6(2,3)4;/h9-17,19-22H,1-8H3;2*2-4H3;. The van der Waals surface area contributed by atoms with Crippen molar-refractivity contribution in [1.82, 2.24) is 0 Å². The molecule has 3 rings (SSSR count). The number of hydrogen-bond acceptors (Lipinski definition) is 0. The molecule has 0 aliphatic rings. The minimum atomic E-state index is -2.93. The summed E-state index contributed by atoms with van der Waals surface area (Å²) < 4.78 is 9.32. The summed E-state index contributed by atoms with van der Waals surface area (Å²) in [6.07, 6.45) is 0. The first-order chi connectivity index (χ1) is 19.9. The number of hydrogen-bond donors (Lipinski definition) is 0. The second-order valence-corrected chi connectivity index (χ2v) is 20.3. The van der Waals surface area contributed by atoms with Crippen molar-refractivity contribution in [3.05, 3.63) is 76.9 Å². The van der Waals surface area contributed by atoms with E-state index in [-0.39, 0.29) is 10.8 Å². The van der Waals surface area contributed by atoms with Gasteiger partial charge in [-0.3, -0.25) is 0 Å². The summed E-state index contributed by atoms with van der Waals surface area (Å²) in [6, 6.07) is 20.9. The number of benzene rings is 3. The van der Waals surface area contributed by atoms with E-state index in [1.54, 1.807) is 0 Å². The van der Waals surface area contributed by atoms with Gasteiger partial charge in [-0.1, -0.05) is 0 Å². The Bertz CT molecular complexity index is 1380. The van der Waals surface area contributed by atoms with Gasteiger partial charge in [0.05, 0.1) is 0 Å². The van der Waals surface area contributed by atoms with Gasteiger partial charge in [-0.15, -0.1) is 0 Å². The van der Waals surface area contributed by atoms with E-state index in [1.165, 1.54) is 48.1 Å². The van der Waals surface area contributed by atoms with Gasteiger partial charge < -0.3 is 0 Å². The van der Waals surface area contributed by atoms with Crippen molar-refractivity contribution in [2.24, 2.45) is 10.8 Å². The minimum absolute atomic E-state index is 0.0812. The Morgan fingerprint density at radius 1 is 0.465 bits per heavy atom. The first-order valence-electron chi connectivity index (χ1n) is 16.3. The molecule has 1 radical (unpaired) electrons. The van der Waals surface area contributed by atoms with E-state index in [2.05, 4.69) is 171 Å². The van der Waals surface area contributed by atoms with Gasteiger partial charge in [0.25, 0.3) is 0 Å². The van der Waals surface area contributed by atoms with Crippen LogP contribution in [0, 0.1) is 30.5 Å². The Labute approximate surface area is 272 Å². The molecule has 0 N–H and O–H groups in total. The van der Waals surface area contributed by atoms with Crippen LogP contribution in [0.3, 0.4) is 0 Å². The van der Waals surface area contributed by atoms with Crippen molar-refractivity contribution in [3.63, 3.8) is 0 Å². The van der Waals surface area contributed by atoms with Crippen LogP contribution in [0.2, 0.25) is 0 Å². The topological polar surface area (TPSA) is 0 Å². The van der Waals surface area contributed by atoms with Crippen LogP contribution in [-0.4, -0.2) is 19.8 Å². The Morgan fingerprint density at radius 2 is 0.744 bits per heavy atom. The molecule has 3 aromatic carbocycles. The van der Waals surface area contributed by atoms with Crippen LogP contribution in [-0.2, 0) is 0 Å². The summed E-state index contributed by atoms with van der Waals surface area (Å²) in [5, 5.41) is 0. The zero-order valence-corrected chi connectivity index (χ0v) is 32.4. The first kappa shape index (κ1) is 35.1. The van der Waals surface area contributed by atoms with Crippen molar-refractivity contribution in [2.75, 3.05) is 0 Å². The molecule has 0 saturated carbocycles. The first-order valence-corrected chi connectivity index (χ1v) is 20.5. The van der Waals surface area contributed by atoms with Crippen molar-refractivity contribution >= 4 is 23.3 Å². The zero-order chi connectivity index (χ0) is 32.3. The SMILES string of the molecule is CC(C)c1cccc(C(C)C)c1-c1cccc(-c2c(C(C)C)cccc2C(C)C)[c]1[Sn]([C]#CC(C)(C)C)[C]#CC(C)(C)C. The van der Waals surface area contributed by atoms with Crippen LogP contribution in [0.1, 0.15) is 143 Å². The van der Waals surface area contributed by atoms with Crippen LogP contribution in [0.25, 0.3) is 22.3 Å². The van der Waals surface area contributed by atoms with Gasteiger partial charge in [0.2, 0.25) is 0 Å². The Kier molecular flexibility index (Phi) is 11.5. The quantitative estimate of drug-likeness (QED) is 0.172. The molecule has 0 aliphatic carbocycles. The van der Waals surface area contributed by atoms with E-state index in [1.807, 2.05) is 0 Å². The molecule has 0 aliphatic heterocycles. The Hall–Kier alpha value is -2.42. The fourth-order valence-electron chi connectivity index (χ4n) is 5.62. The fraction of sp³-hybridized carbons (Fsp3) is 0.476. The van der Waals surface area contributed by atoms with Crippen molar-refractivity contribution in [1.29, 1.82) is 0 Å². The van der Waals surface area contributed by atoms with Crippen molar-refractivity contribution in [3.8, 4) is 42.0 Å². The normalized spacial score (nSPS) is 12.2. The Balaban J connectivity index is 2.69.